The Morgan fingerprint density at radius 2 is 2.14 bits per heavy atom. The van der Waals surface area contributed by atoms with E-state index in [4.69, 9.17) is 16.3 Å². The van der Waals surface area contributed by atoms with Gasteiger partial charge in [0.25, 0.3) is 5.91 Å². The highest BCUT2D eigenvalue weighted by atomic mass is 35.5. The van der Waals surface area contributed by atoms with Crippen LogP contribution >= 0.6 is 23.1 Å². The van der Waals surface area contributed by atoms with Crippen molar-refractivity contribution in [1.29, 1.82) is 0 Å². The third-order valence-electron chi connectivity index (χ3n) is 3.77. The van der Waals surface area contributed by atoms with Gasteiger partial charge in [-0.15, -0.1) is 5.10 Å². The zero-order chi connectivity index (χ0) is 20.1. The zero-order valence-electron chi connectivity index (χ0n) is 15.1. The number of methoxy groups -OCH3 is 1. The molecule has 0 bridgehead atoms. The van der Waals surface area contributed by atoms with Gasteiger partial charge >= 0.3 is 0 Å². The molecule has 28 heavy (non-hydrogen) atoms. The van der Waals surface area contributed by atoms with Crippen molar-refractivity contribution in [3.63, 3.8) is 0 Å². The topological polar surface area (TPSA) is 89.9 Å². The van der Waals surface area contributed by atoms with Crippen molar-refractivity contribution in [2.45, 2.75) is 6.92 Å². The molecule has 0 spiro atoms. The molecule has 0 fully saturated rings. The number of amides is 1. The van der Waals surface area contributed by atoms with Gasteiger partial charge in [0, 0.05) is 11.1 Å². The van der Waals surface area contributed by atoms with Crippen LogP contribution in [0.4, 0.5) is 5.82 Å². The SMILES string of the molecule is C=C/C=C(\OC)c1ccc(Cl)c(-c2cnc(NC(=O)c3snnc3C)cn2)c1. The van der Waals surface area contributed by atoms with Crippen molar-refractivity contribution in [3.05, 3.63) is 70.5 Å². The van der Waals surface area contributed by atoms with Crippen molar-refractivity contribution in [2.75, 3.05) is 12.4 Å². The Morgan fingerprint density at radius 3 is 2.75 bits per heavy atom. The van der Waals surface area contributed by atoms with E-state index in [1.807, 2.05) is 12.1 Å². The van der Waals surface area contributed by atoms with E-state index in [0.29, 0.717) is 38.4 Å². The van der Waals surface area contributed by atoms with E-state index in [1.54, 1.807) is 38.4 Å². The number of aryl methyl sites for hydroxylation is 1. The van der Waals surface area contributed by atoms with Crippen LogP contribution in [0.15, 0.2) is 49.3 Å². The van der Waals surface area contributed by atoms with Crippen LogP contribution in [0, 0.1) is 6.92 Å². The monoisotopic (exact) mass is 413 g/mol. The Labute approximate surface area is 170 Å². The molecule has 2 heterocycles. The first-order chi connectivity index (χ1) is 13.5. The average molecular weight is 414 g/mol. The van der Waals surface area contributed by atoms with E-state index in [2.05, 4.69) is 31.5 Å². The molecule has 0 aliphatic carbocycles. The molecule has 3 aromatic rings. The normalized spacial score (nSPS) is 11.2. The van der Waals surface area contributed by atoms with Crippen LogP contribution in [0.1, 0.15) is 20.9 Å². The lowest BCUT2D eigenvalue weighted by molar-refractivity contribution is 0.102. The molecule has 1 amide bonds. The van der Waals surface area contributed by atoms with E-state index in [1.165, 1.54) is 6.20 Å². The molecular formula is C19H16ClN5O2S. The fourth-order valence-electron chi connectivity index (χ4n) is 2.41. The number of rotatable bonds is 6. The highest BCUT2D eigenvalue weighted by molar-refractivity contribution is 7.08. The molecule has 0 radical (unpaired) electrons. The van der Waals surface area contributed by atoms with Crippen molar-refractivity contribution < 1.29 is 9.53 Å². The number of nitrogens with zero attached hydrogens (tertiary/aromatic N) is 4. The molecule has 0 saturated carbocycles. The van der Waals surface area contributed by atoms with Gasteiger partial charge in [0.1, 0.15) is 10.6 Å². The van der Waals surface area contributed by atoms with Gasteiger partial charge in [0.2, 0.25) is 0 Å². The van der Waals surface area contributed by atoms with E-state index in [9.17, 15) is 4.79 Å². The summed E-state index contributed by atoms with van der Waals surface area (Å²) in [7, 11) is 1.58. The number of aromatic nitrogens is 4. The average Bonchev–Trinajstić information content (AvgIpc) is 3.13. The lowest BCUT2D eigenvalue weighted by Crippen LogP contribution is -2.13. The first-order valence-corrected chi connectivity index (χ1v) is 9.28. The molecule has 0 aliphatic rings. The smallest absolute Gasteiger partial charge is 0.270 e. The van der Waals surface area contributed by atoms with Gasteiger partial charge in [0.15, 0.2) is 5.82 Å². The van der Waals surface area contributed by atoms with Crippen LogP contribution in [0.5, 0.6) is 0 Å². The summed E-state index contributed by atoms with van der Waals surface area (Å²) in [5.74, 6) is 0.644. The summed E-state index contributed by atoms with van der Waals surface area (Å²) >= 11 is 7.36. The van der Waals surface area contributed by atoms with Crippen molar-refractivity contribution in [2.24, 2.45) is 0 Å². The second-order valence-corrected chi connectivity index (χ2v) is 6.76. The number of benzene rings is 1. The Balaban J connectivity index is 1.85. The predicted molar refractivity (Wildman–Crippen MR) is 110 cm³/mol. The number of nitrogens with one attached hydrogen (secondary N) is 1. The maximum Gasteiger partial charge on any atom is 0.270 e. The van der Waals surface area contributed by atoms with Crippen molar-refractivity contribution in [3.8, 4) is 11.3 Å². The molecule has 3 rings (SSSR count). The van der Waals surface area contributed by atoms with Crippen LogP contribution in [0.3, 0.4) is 0 Å². The molecule has 0 atom stereocenters. The van der Waals surface area contributed by atoms with Crippen molar-refractivity contribution in [1.82, 2.24) is 19.6 Å². The molecule has 0 unspecified atom stereocenters. The van der Waals surface area contributed by atoms with Crippen molar-refractivity contribution >= 4 is 40.6 Å². The first kappa shape index (κ1) is 19.7. The Bertz CT molecular complexity index is 1050. The summed E-state index contributed by atoms with van der Waals surface area (Å²) in [6.07, 6.45) is 6.41. The molecule has 142 valence electrons. The summed E-state index contributed by atoms with van der Waals surface area (Å²) in [6.45, 7) is 5.40. The number of allylic oxidation sites excluding steroid dienone is 2. The Hall–Kier alpha value is -3.10. The Kier molecular flexibility index (Phi) is 6.13. The van der Waals surface area contributed by atoms with Gasteiger partial charge < -0.3 is 10.1 Å². The Morgan fingerprint density at radius 1 is 1.32 bits per heavy atom. The molecule has 1 N–H and O–H groups in total. The second-order valence-electron chi connectivity index (χ2n) is 5.59. The van der Waals surface area contributed by atoms with E-state index in [-0.39, 0.29) is 5.91 Å². The summed E-state index contributed by atoms with van der Waals surface area (Å²) < 4.78 is 9.12. The van der Waals surface area contributed by atoms with Crippen LogP contribution in [0.25, 0.3) is 17.0 Å². The van der Waals surface area contributed by atoms with Crippen LogP contribution in [0.2, 0.25) is 5.02 Å². The second kappa shape index (κ2) is 8.73. The minimum Gasteiger partial charge on any atom is -0.496 e. The standard InChI is InChI=1S/C19H16ClN5O2S/c1-4-5-16(27-3)12-6-7-14(20)13(8-12)15-9-22-17(10-21-15)23-19(26)18-11(2)24-25-28-18/h4-10H,1H2,2-3H3,(H,22,23,26)/b16-5-. The highest BCUT2D eigenvalue weighted by Gasteiger charge is 2.15. The number of carbonyl (C=O) groups is 1. The molecule has 0 saturated heterocycles. The maximum atomic E-state index is 12.2. The minimum atomic E-state index is -0.325. The first-order valence-electron chi connectivity index (χ1n) is 8.13. The van der Waals surface area contributed by atoms with Gasteiger partial charge in [-0.25, -0.2) is 4.98 Å². The number of carbonyl (C=O) groups excluding carboxylic acids is 1. The zero-order valence-corrected chi connectivity index (χ0v) is 16.7. The van der Waals surface area contributed by atoms with Gasteiger partial charge in [-0.05, 0) is 42.7 Å². The lowest BCUT2D eigenvalue weighted by Gasteiger charge is -2.10. The predicted octanol–water partition coefficient (Wildman–Crippen LogP) is 4.38. The van der Waals surface area contributed by atoms with Crippen LogP contribution < -0.4 is 5.32 Å². The fraction of sp³-hybridized carbons (Fsp3) is 0.105. The van der Waals surface area contributed by atoms with Gasteiger partial charge in [-0.2, -0.15) is 0 Å². The lowest BCUT2D eigenvalue weighted by atomic mass is 10.1. The van der Waals surface area contributed by atoms with Gasteiger partial charge in [-0.1, -0.05) is 28.7 Å². The summed E-state index contributed by atoms with van der Waals surface area (Å²) in [5.41, 5.74) is 2.65. The summed E-state index contributed by atoms with van der Waals surface area (Å²) in [4.78, 5) is 21.3. The highest BCUT2D eigenvalue weighted by Crippen LogP contribution is 2.30. The third kappa shape index (κ3) is 4.24. The van der Waals surface area contributed by atoms with E-state index in [0.717, 1.165) is 17.1 Å². The van der Waals surface area contributed by atoms with Gasteiger partial charge in [-0.3, -0.25) is 9.78 Å². The van der Waals surface area contributed by atoms with Gasteiger partial charge in [0.05, 0.1) is 35.9 Å². The van der Waals surface area contributed by atoms with E-state index < -0.39 is 0 Å². The molecule has 0 aliphatic heterocycles. The quantitative estimate of drug-likeness (QED) is 0.476. The largest absolute Gasteiger partial charge is 0.496 e. The molecule has 2 aromatic heterocycles. The number of anilines is 1. The number of halogens is 1. The number of ether oxygens (including phenoxy) is 1. The fourth-order valence-corrected chi connectivity index (χ4v) is 3.17. The molecular weight excluding hydrogens is 398 g/mol. The minimum absolute atomic E-state index is 0.318. The molecule has 7 nitrogen and oxygen atoms in total. The maximum absolute atomic E-state index is 12.2. The third-order valence-corrected chi connectivity index (χ3v) is 4.92. The number of hydrogen-bond acceptors (Lipinski definition) is 7. The summed E-state index contributed by atoms with van der Waals surface area (Å²) in [5, 5.41) is 7.02. The van der Waals surface area contributed by atoms with E-state index >= 15 is 0 Å². The van der Waals surface area contributed by atoms with Crippen LogP contribution in [-0.4, -0.2) is 32.6 Å². The number of hydrogen-bond donors (Lipinski definition) is 1. The van der Waals surface area contributed by atoms with Crippen LogP contribution in [-0.2, 0) is 4.74 Å². The molecule has 9 heteroatoms. The molecule has 1 aromatic carbocycles. The summed E-state index contributed by atoms with van der Waals surface area (Å²) in [6, 6.07) is 5.47.